The Morgan fingerprint density at radius 2 is 1.49 bits per heavy atom. The van der Waals surface area contributed by atoms with Crippen LogP contribution in [0.25, 0.3) is 0 Å². The molecule has 12 nitrogen and oxygen atoms in total. The summed E-state index contributed by atoms with van der Waals surface area (Å²) in [6.45, 7) is 5.23. The summed E-state index contributed by atoms with van der Waals surface area (Å²) in [5, 5.41) is 36.4. The van der Waals surface area contributed by atoms with E-state index in [0.29, 0.717) is 31.4 Å². The summed E-state index contributed by atoms with van der Waals surface area (Å²) in [5.74, 6) is -3.65. The molecule has 0 radical (unpaired) electrons. The summed E-state index contributed by atoms with van der Waals surface area (Å²) < 4.78 is 0. The Bertz CT molecular complexity index is 894. The van der Waals surface area contributed by atoms with Crippen LogP contribution in [0.4, 0.5) is 0 Å². The Morgan fingerprint density at radius 1 is 0.919 bits per heavy atom. The normalized spacial score (nSPS) is 15.9. The number of hydrogen-bond acceptors (Lipinski definition) is 8. The zero-order valence-corrected chi connectivity index (χ0v) is 21.6. The lowest BCUT2D eigenvalue weighted by atomic mass is 9.98. The minimum Gasteiger partial charge on any atom is -0.508 e. The molecule has 12 heteroatoms. The van der Waals surface area contributed by atoms with Gasteiger partial charge in [-0.2, -0.15) is 0 Å². The van der Waals surface area contributed by atoms with Crippen molar-refractivity contribution in [3.05, 3.63) is 29.8 Å². The predicted molar refractivity (Wildman–Crippen MR) is 137 cm³/mol. The van der Waals surface area contributed by atoms with Gasteiger partial charge in [-0.25, -0.2) is 4.79 Å². The van der Waals surface area contributed by atoms with Crippen LogP contribution in [0.5, 0.6) is 5.75 Å². The molecule has 0 saturated carbocycles. The number of carboxylic acid groups (broad SMARTS) is 1. The minimum absolute atomic E-state index is 0.00134. The fourth-order valence-corrected chi connectivity index (χ4v) is 3.53. The Hall–Kier alpha value is -3.22. The van der Waals surface area contributed by atoms with E-state index in [0.717, 1.165) is 0 Å². The van der Waals surface area contributed by atoms with Gasteiger partial charge < -0.3 is 42.7 Å². The maximum atomic E-state index is 13.2. The van der Waals surface area contributed by atoms with Crippen molar-refractivity contribution in [3.63, 3.8) is 0 Å². The third-order valence-electron chi connectivity index (χ3n) is 6.19. The summed E-state index contributed by atoms with van der Waals surface area (Å²) in [4.78, 5) is 50.6. The molecule has 1 aromatic rings. The number of benzene rings is 1. The van der Waals surface area contributed by atoms with Crippen LogP contribution in [-0.2, 0) is 25.6 Å². The van der Waals surface area contributed by atoms with Crippen molar-refractivity contribution in [1.82, 2.24) is 16.0 Å². The lowest BCUT2D eigenvalue weighted by molar-refractivity contribution is -0.143. The van der Waals surface area contributed by atoms with Gasteiger partial charge in [-0.15, -0.1) is 0 Å². The molecule has 0 aliphatic rings. The fraction of sp³-hybridized carbons (Fsp3) is 0.600. The number of nitrogens with one attached hydrogen (secondary N) is 3. The highest BCUT2D eigenvalue weighted by Crippen LogP contribution is 2.13. The number of nitrogens with two attached hydrogens (primary N) is 2. The van der Waals surface area contributed by atoms with E-state index in [-0.39, 0.29) is 24.5 Å². The van der Waals surface area contributed by atoms with E-state index in [2.05, 4.69) is 16.0 Å². The van der Waals surface area contributed by atoms with Crippen molar-refractivity contribution in [2.75, 3.05) is 6.54 Å². The first kappa shape index (κ1) is 31.8. The van der Waals surface area contributed by atoms with Gasteiger partial charge in [0.2, 0.25) is 17.7 Å². The first-order valence-electron chi connectivity index (χ1n) is 12.5. The molecule has 0 saturated heterocycles. The zero-order valence-electron chi connectivity index (χ0n) is 21.6. The first-order valence-corrected chi connectivity index (χ1v) is 12.5. The van der Waals surface area contributed by atoms with Gasteiger partial charge in [0.1, 0.15) is 29.9 Å². The van der Waals surface area contributed by atoms with Crippen LogP contribution in [-0.4, -0.2) is 75.8 Å². The number of carbonyl (C=O) groups is 4. The van der Waals surface area contributed by atoms with Crippen LogP contribution in [0.15, 0.2) is 24.3 Å². The number of aromatic hydroxyl groups is 1. The number of hydrogen-bond donors (Lipinski definition) is 8. The molecule has 6 unspecified atom stereocenters. The second kappa shape index (κ2) is 15.8. The summed E-state index contributed by atoms with van der Waals surface area (Å²) in [6, 6.07) is 1.34. The SMILES string of the molecule is CCC(C)C(NC(=O)C(Cc1ccc(O)cc1)NC(=O)C(CCCCN)NC(=O)C(N)C(C)O)C(=O)O. The number of amides is 3. The van der Waals surface area contributed by atoms with Crippen molar-refractivity contribution in [1.29, 1.82) is 0 Å². The van der Waals surface area contributed by atoms with Crippen LogP contribution in [0.3, 0.4) is 0 Å². The van der Waals surface area contributed by atoms with Gasteiger partial charge in [0.25, 0.3) is 0 Å². The molecule has 0 fully saturated rings. The third-order valence-corrected chi connectivity index (χ3v) is 6.19. The van der Waals surface area contributed by atoms with Gasteiger partial charge in [-0.1, -0.05) is 32.4 Å². The number of phenolic OH excluding ortho intramolecular Hbond substituents is 1. The highest BCUT2D eigenvalue weighted by atomic mass is 16.4. The molecule has 0 aliphatic heterocycles. The van der Waals surface area contributed by atoms with Gasteiger partial charge >= 0.3 is 5.97 Å². The minimum atomic E-state index is -1.26. The van der Waals surface area contributed by atoms with Crippen molar-refractivity contribution >= 4 is 23.7 Å². The van der Waals surface area contributed by atoms with E-state index in [4.69, 9.17) is 11.5 Å². The molecular formula is C25H41N5O7. The standard InChI is InChI=1S/C25H41N5O7/c1-4-14(2)21(25(36)37)30-23(34)19(13-16-8-10-17(32)11-9-16)29-22(33)18(7-5-6-12-26)28-24(35)20(27)15(3)31/h8-11,14-15,18-21,31-32H,4-7,12-13,26-27H2,1-3H3,(H,28,35)(H,29,33)(H,30,34)(H,36,37). The number of aliphatic carboxylic acids is 1. The topological polar surface area (TPSA) is 217 Å². The van der Waals surface area contributed by atoms with Crippen LogP contribution >= 0.6 is 0 Å². The molecule has 0 spiro atoms. The van der Waals surface area contributed by atoms with Gasteiger partial charge in [0.15, 0.2) is 0 Å². The molecule has 0 heterocycles. The van der Waals surface area contributed by atoms with Crippen LogP contribution in [0, 0.1) is 5.92 Å². The Kier molecular flexibility index (Phi) is 13.6. The molecule has 208 valence electrons. The van der Waals surface area contributed by atoms with Gasteiger partial charge in [-0.3, -0.25) is 14.4 Å². The van der Waals surface area contributed by atoms with Gasteiger partial charge in [0.05, 0.1) is 6.10 Å². The largest absolute Gasteiger partial charge is 0.508 e. The van der Waals surface area contributed by atoms with Crippen LogP contribution in [0.2, 0.25) is 0 Å². The molecule has 0 aromatic heterocycles. The number of rotatable bonds is 16. The number of phenols is 1. The average molecular weight is 524 g/mol. The second-order valence-corrected chi connectivity index (χ2v) is 9.25. The Morgan fingerprint density at radius 3 is 2.00 bits per heavy atom. The lowest BCUT2D eigenvalue weighted by Gasteiger charge is -2.27. The Labute approximate surface area is 217 Å². The van der Waals surface area contributed by atoms with E-state index in [1.54, 1.807) is 26.0 Å². The second-order valence-electron chi connectivity index (χ2n) is 9.25. The highest BCUT2D eigenvalue weighted by Gasteiger charge is 2.32. The molecule has 1 aromatic carbocycles. The van der Waals surface area contributed by atoms with Gasteiger partial charge in [0, 0.05) is 6.42 Å². The average Bonchev–Trinajstić information content (AvgIpc) is 2.85. The van der Waals surface area contributed by atoms with E-state index < -0.39 is 54.0 Å². The van der Waals surface area contributed by atoms with Crippen molar-refractivity contribution < 1.29 is 34.5 Å². The molecule has 10 N–H and O–H groups in total. The maximum absolute atomic E-state index is 13.2. The summed E-state index contributed by atoms with van der Waals surface area (Å²) in [5.41, 5.74) is 11.8. The summed E-state index contributed by atoms with van der Waals surface area (Å²) >= 11 is 0. The first-order chi connectivity index (χ1) is 17.4. The van der Waals surface area contributed by atoms with Crippen LogP contribution < -0.4 is 27.4 Å². The maximum Gasteiger partial charge on any atom is 0.326 e. The van der Waals surface area contributed by atoms with E-state index in [1.807, 2.05) is 0 Å². The van der Waals surface area contributed by atoms with Crippen molar-refractivity contribution in [3.8, 4) is 5.75 Å². The third kappa shape index (κ3) is 10.7. The predicted octanol–water partition coefficient (Wildman–Crippen LogP) is -0.643. The Balaban J connectivity index is 3.18. The number of carbonyl (C=O) groups excluding carboxylic acids is 3. The molecule has 3 amide bonds. The molecule has 0 bridgehead atoms. The van der Waals surface area contributed by atoms with E-state index >= 15 is 0 Å². The molecule has 1 rings (SSSR count). The summed E-state index contributed by atoms with van der Waals surface area (Å²) in [7, 11) is 0. The van der Waals surface area contributed by atoms with Gasteiger partial charge in [-0.05, 0) is 56.3 Å². The monoisotopic (exact) mass is 523 g/mol. The molecule has 6 atom stereocenters. The number of aliphatic hydroxyl groups is 1. The highest BCUT2D eigenvalue weighted by molar-refractivity contribution is 5.94. The number of carboxylic acids is 1. The van der Waals surface area contributed by atoms with Crippen LogP contribution in [0.1, 0.15) is 52.0 Å². The molecule has 37 heavy (non-hydrogen) atoms. The summed E-state index contributed by atoms with van der Waals surface area (Å²) in [6.07, 6.45) is 0.665. The molecular weight excluding hydrogens is 482 g/mol. The number of aliphatic hydroxyl groups excluding tert-OH is 1. The quantitative estimate of drug-likeness (QED) is 0.129. The zero-order chi connectivity index (χ0) is 28.1. The lowest BCUT2D eigenvalue weighted by Crippen LogP contribution is -2.59. The van der Waals surface area contributed by atoms with E-state index in [1.165, 1.54) is 19.1 Å². The van der Waals surface area contributed by atoms with Crippen molar-refractivity contribution in [2.24, 2.45) is 17.4 Å². The van der Waals surface area contributed by atoms with Crippen molar-refractivity contribution in [2.45, 2.75) is 83.1 Å². The fourth-order valence-electron chi connectivity index (χ4n) is 3.53. The smallest absolute Gasteiger partial charge is 0.326 e. The molecule has 0 aliphatic carbocycles. The number of unbranched alkanes of at least 4 members (excludes halogenated alkanes) is 1. The van der Waals surface area contributed by atoms with E-state index in [9.17, 15) is 34.5 Å².